The number of non-ortho nitro benzene ring substituents is 1. The summed E-state index contributed by atoms with van der Waals surface area (Å²) < 4.78 is 4.90. The van der Waals surface area contributed by atoms with Crippen molar-refractivity contribution in [2.24, 2.45) is 0 Å². The molecule has 0 unspecified atom stereocenters. The summed E-state index contributed by atoms with van der Waals surface area (Å²) in [5.41, 5.74) is 0.327. The van der Waals surface area contributed by atoms with E-state index in [1.165, 1.54) is 31.2 Å². The molecule has 0 aromatic heterocycles. The van der Waals surface area contributed by atoms with Gasteiger partial charge in [0.2, 0.25) is 5.91 Å². The lowest BCUT2D eigenvalue weighted by atomic mass is 10.2. The Labute approximate surface area is 158 Å². The van der Waals surface area contributed by atoms with Crippen molar-refractivity contribution in [1.29, 1.82) is 0 Å². The van der Waals surface area contributed by atoms with Crippen LogP contribution in [-0.4, -0.2) is 29.3 Å². The fourth-order valence-electron chi connectivity index (χ4n) is 2.05. The molecule has 0 atom stereocenters. The molecule has 0 saturated carbocycles. The maximum atomic E-state index is 12.0. The van der Waals surface area contributed by atoms with E-state index in [-0.39, 0.29) is 27.9 Å². The standard InChI is InChI=1S/C17H14ClN3O6/c1-10(22)19-12-4-2-3-11(7-12)17(24)27-9-16(23)20-15-8-13(21(25)26)5-6-14(15)18/h2-8H,9H2,1H3,(H,19,22)(H,20,23). The molecule has 0 bridgehead atoms. The highest BCUT2D eigenvalue weighted by Gasteiger charge is 2.14. The van der Waals surface area contributed by atoms with Gasteiger partial charge in [-0.1, -0.05) is 17.7 Å². The molecule has 10 heteroatoms. The van der Waals surface area contributed by atoms with Crippen LogP contribution in [0.3, 0.4) is 0 Å². The summed E-state index contributed by atoms with van der Waals surface area (Å²) in [6.07, 6.45) is 0. The molecular weight excluding hydrogens is 378 g/mol. The van der Waals surface area contributed by atoms with Crippen LogP contribution in [0.25, 0.3) is 0 Å². The molecule has 2 aromatic rings. The van der Waals surface area contributed by atoms with Crippen molar-refractivity contribution < 1.29 is 24.0 Å². The van der Waals surface area contributed by atoms with E-state index in [9.17, 15) is 24.5 Å². The lowest BCUT2D eigenvalue weighted by molar-refractivity contribution is -0.384. The molecule has 0 saturated heterocycles. The average Bonchev–Trinajstić information content (AvgIpc) is 2.61. The number of amides is 2. The van der Waals surface area contributed by atoms with Crippen molar-refractivity contribution in [2.45, 2.75) is 6.92 Å². The van der Waals surface area contributed by atoms with Crippen LogP contribution in [0.4, 0.5) is 17.1 Å². The van der Waals surface area contributed by atoms with Gasteiger partial charge in [-0.2, -0.15) is 0 Å². The molecule has 9 nitrogen and oxygen atoms in total. The van der Waals surface area contributed by atoms with E-state index >= 15 is 0 Å². The normalized spacial score (nSPS) is 10.0. The minimum absolute atomic E-state index is 0.0274. The Morgan fingerprint density at radius 1 is 1.15 bits per heavy atom. The highest BCUT2D eigenvalue weighted by Crippen LogP contribution is 2.26. The van der Waals surface area contributed by atoms with Crippen LogP contribution < -0.4 is 10.6 Å². The van der Waals surface area contributed by atoms with Gasteiger partial charge >= 0.3 is 5.97 Å². The van der Waals surface area contributed by atoms with Crippen LogP contribution in [0, 0.1) is 10.1 Å². The summed E-state index contributed by atoms with van der Waals surface area (Å²) in [6.45, 7) is 0.705. The third-order valence-corrected chi connectivity index (χ3v) is 3.52. The molecule has 2 N–H and O–H groups in total. The third kappa shape index (κ3) is 5.79. The summed E-state index contributed by atoms with van der Waals surface area (Å²) in [5.74, 6) is -1.79. The summed E-state index contributed by atoms with van der Waals surface area (Å²) >= 11 is 5.88. The Hall–Kier alpha value is -3.46. The van der Waals surface area contributed by atoms with Gasteiger partial charge in [0, 0.05) is 24.7 Å². The molecule has 0 aliphatic carbocycles. The first-order valence-corrected chi connectivity index (χ1v) is 7.92. The highest BCUT2D eigenvalue weighted by molar-refractivity contribution is 6.33. The van der Waals surface area contributed by atoms with E-state index in [0.717, 1.165) is 6.07 Å². The molecule has 2 amide bonds. The van der Waals surface area contributed by atoms with E-state index in [1.54, 1.807) is 12.1 Å². The summed E-state index contributed by atoms with van der Waals surface area (Å²) in [7, 11) is 0. The monoisotopic (exact) mass is 391 g/mol. The fraction of sp³-hybridized carbons (Fsp3) is 0.118. The molecule has 0 heterocycles. The number of hydrogen-bond donors (Lipinski definition) is 2. The Balaban J connectivity index is 1.97. The van der Waals surface area contributed by atoms with Gasteiger partial charge in [-0.15, -0.1) is 0 Å². The predicted octanol–water partition coefficient (Wildman–Crippen LogP) is 3.00. The van der Waals surface area contributed by atoms with Crippen molar-refractivity contribution in [2.75, 3.05) is 17.2 Å². The van der Waals surface area contributed by atoms with Crippen LogP contribution in [0.5, 0.6) is 0 Å². The number of ether oxygens (including phenoxy) is 1. The Bertz CT molecular complexity index is 915. The van der Waals surface area contributed by atoms with Gasteiger partial charge in [-0.05, 0) is 24.3 Å². The number of nitrogens with zero attached hydrogens (tertiary/aromatic N) is 1. The van der Waals surface area contributed by atoms with Crippen molar-refractivity contribution in [3.05, 3.63) is 63.2 Å². The van der Waals surface area contributed by atoms with Gasteiger partial charge in [0.25, 0.3) is 11.6 Å². The second-order valence-electron chi connectivity index (χ2n) is 5.31. The zero-order chi connectivity index (χ0) is 20.0. The van der Waals surface area contributed by atoms with Crippen molar-refractivity contribution in [3.8, 4) is 0 Å². The van der Waals surface area contributed by atoms with Crippen molar-refractivity contribution in [3.63, 3.8) is 0 Å². The molecule has 2 rings (SSSR count). The first kappa shape index (κ1) is 19.9. The van der Waals surface area contributed by atoms with Gasteiger partial charge < -0.3 is 15.4 Å². The highest BCUT2D eigenvalue weighted by atomic mass is 35.5. The summed E-state index contributed by atoms with van der Waals surface area (Å²) in [6, 6.07) is 9.57. The van der Waals surface area contributed by atoms with E-state index in [2.05, 4.69) is 10.6 Å². The van der Waals surface area contributed by atoms with Crippen molar-refractivity contribution >= 4 is 46.4 Å². The van der Waals surface area contributed by atoms with Gasteiger partial charge in [0.1, 0.15) is 0 Å². The molecule has 0 aliphatic rings. The predicted molar refractivity (Wildman–Crippen MR) is 97.8 cm³/mol. The minimum atomic E-state index is -0.775. The van der Waals surface area contributed by atoms with Crippen LogP contribution in [0.2, 0.25) is 5.02 Å². The summed E-state index contributed by atoms with van der Waals surface area (Å²) in [5, 5.41) is 15.7. The fourth-order valence-corrected chi connectivity index (χ4v) is 2.22. The number of anilines is 2. The number of benzene rings is 2. The van der Waals surface area contributed by atoms with E-state index in [4.69, 9.17) is 16.3 Å². The lowest BCUT2D eigenvalue weighted by Gasteiger charge is -2.09. The number of carbonyl (C=O) groups is 3. The van der Waals surface area contributed by atoms with Crippen LogP contribution in [0.15, 0.2) is 42.5 Å². The zero-order valence-corrected chi connectivity index (χ0v) is 14.8. The first-order valence-electron chi connectivity index (χ1n) is 7.55. The SMILES string of the molecule is CC(=O)Nc1cccc(C(=O)OCC(=O)Nc2cc([N+](=O)[O-])ccc2Cl)c1. The Morgan fingerprint density at radius 3 is 2.56 bits per heavy atom. The van der Waals surface area contributed by atoms with E-state index < -0.39 is 23.4 Å². The van der Waals surface area contributed by atoms with E-state index in [0.29, 0.717) is 5.69 Å². The number of esters is 1. The second-order valence-corrected chi connectivity index (χ2v) is 5.71. The minimum Gasteiger partial charge on any atom is -0.452 e. The van der Waals surface area contributed by atoms with E-state index in [1.807, 2.05) is 0 Å². The molecule has 27 heavy (non-hydrogen) atoms. The molecular formula is C17H14ClN3O6. The molecule has 0 radical (unpaired) electrons. The summed E-state index contributed by atoms with van der Waals surface area (Å²) in [4.78, 5) is 45.1. The molecule has 0 fully saturated rings. The van der Waals surface area contributed by atoms with Gasteiger partial charge in [-0.25, -0.2) is 4.79 Å². The second kappa shape index (κ2) is 8.77. The quantitative estimate of drug-likeness (QED) is 0.442. The largest absolute Gasteiger partial charge is 0.452 e. The Kier molecular flexibility index (Phi) is 6.45. The number of halogens is 1. The lowest BCUT2D eigenvalue weighted by Crippen LogP contribution is -2.21. The maximum Gasteiger partial charge on any atom is 0.338 e. The van der Waals surface area contributed by atoms with Gasteiger partial charge in [0.15, 0.2) is 6.61 Å². The number of hydrogen-bond acceptors (Lipinski definition) is 6. The van der Waals surface area contributed by atoms with Gasteiger partial charge in [0.05, 0.1) is 21.2 Å². The van der Waals surface area contributed by atoms with Crippen LogP contribution in [0.1, 0.15) is 17.3 Å². The third-order valence-electron chi connectivity index (χ3n) is 3.19. The van der Waals surface area contributed by atoms with Gasteiger partial charge in [-0.3, -0.25) is 19.7 Å². The van der Waals surface area contributed by atoms with Crippen LogP contribution in [-0.2, 0) is 14.3 Å². The number of nitro benzene ring substituents is 1. The molecule has 140 valence electrons. The zero-order valence-electron chi connectivity index (χ0n) is 14.0. The number of carbonyl (C=O) groups excluding carboxylic acids is 3. The first-order chi connectivity index (χ1) is 12.8. The maximum absolute atomic E-state index is 12.0. The Morgan fingerprint density at radius 2 is 1.89 bits per heavy atom. The number of rotatable bonds is 6. The number of nitrogens with one attached hydrogen (secondary N) is 2. The molecule has 0 spiro atoms. The average molecular weight is 392 g/mol. The smallest absolute Gasteiger partial charge is 0.338 e. The van der Waals surface area contributed by atoms with Crippen molar-refractivity contribution in [1.82, 2.24) is 0 Å². The number of nitro groups is 1. The topological polar surface area (TPSA) is 128 Å². The van der Waals surface area contributed by atoms with Crippen LogP contribution >= 0.6 is 11.6 Å². The molecule has 0 aliphatic heterocycles. The molecule has 2 aromatic carbocycles.